The maximum absolute atomic E-state index is 9.82. The third kappa shape index (κ3) is 4.70. The van der Waals surface area contributed by atoms with E-state index >= 15 is 0 Å². The molecule has 1 fully saturated rings. The minimum atomic E-state index is -0.000772. The van der Waals surface area contributed by atoms with Crippen LogP contribution >= 0.6 is 0 Å². The molecule has 1 N–H and O–H groups in total. The van der Waals surface area contributed by atoms with Crippen molar-refractivity contribution in [3.8, 4) is 0 Å². The molecule has 0 aromatic carbocycles. The number of nitrogens with zero attached hydrogens (tertiary/aromatic N) is 1. The molecular formula is C17H27NO3. The molecule has 2 rings (SSSR count). The number of rotatable bonds is 7. The first-order valence-corrected chi connectivity index (χ1v) is 7.70. The SMILES string of the molecule is COCCC1(CO)CCCN(C/C(C)=C/c2ccco2)C1. The monoisotopic (exact) mass is 293 g/mol. The van der Waals surface area contributed by atoms with Gasteiger partial charge in [-0.3, -0.25) is 4.90 Å². The van der Waals surface area contributed by atoms with E-state index in [2.05, 4.69) is 17.9 Å². The first kappa shape index (κ1) is 16.3. The second-order valence-electron chi connectivity index (χ2n) is 6.22. The quantitative estimate of drug-likeness (QED) is 0.839. The molecule has 118 valence electrons. The van der Waals surface area contributed by atoms with E-state index in [1.165, 1.54) is 5.57 Å². The third-order valence-corrected chi connectivity index (χ3v) is 4.32. The van der Waals surface area contributed by atoms with Crippen molar-refractivity contribution < 1.29 is 14.3 Å². The van der Waals surface area contributed by atoms with E-state index < -0.39 is 0 Å². The summed E-state index contributed by atoms with van der Waals surface area (Å²) < 4.78 is 10.6. The van der Waals surface area contributed by atoms with Crippen molar-refractivity contribution in [2.75, 3.05) is 40.0 Å². The van der Waals surface area contributed by atoms with E-state index in [-0.39, 0.29) is 12.0 Å². The predicted octanol–water partition coefficient (Wildman–Crippen LogP) is 2.79. The molecule has 0 aliphatic carbocycles. The maximum Gasteiger partial charge on any atom is 0.126 e. The summed E-state index contributed by atoms with van der Waals surface area (Å²) in [5, 5.41) is 9.82. The van der Waals surface area contributed by atoms with Crippen LogP contribution < -0.4 is 0 Å². The van der Waals surface area contributed by atoms with Gasteiger partial charge in [-0.05, 0) is 50.9 Å². The van der Waals surface area contributed by atoms with Gasteiger partial charge in [0.05, 0.1) is 12.9 Å². The molecule has 1 aromatic heterocycles. The summed E-state index contributed by atoms with van der Waals surface area (Å²) in [4.78, 5) is 2.43. The summed E-state index contributed by atoms with van der Waals surface area (Å²) in [6.45, 7) is 6.06. The van der Waals surface area contributed by atoms with Gasteiger partial charge in [-0.2, -0.15) is 0 Å². The number of piperidine rings is 1. The highest BCUT2D eigenvalue weighted by molar-refractivity contribution is 5.46. The van der Waals surface area contributed by atoms with E-state index in [9.17, 15) is 5.11 Å². The lowest BCUT2D eigenvalue weighted by Crippen LogP contribution is -2.46. The molecule has 1 unspecified atom stereocenters. The molecule has 0 spiro atoms. The Labute approximate surface area is 127 Å². The normalized spacial score (nSPS) is 24.4. The molecule has 1 atom stereocenters. The Morgan fingerprint density at radius 2 is 2.43 bits per heavy atom. The number of aliphatic hydroxyl groups excluding tert-OH is 1. The number of methoxy groups -OCH3 is 1. The summed E-state index contributed by atoms with van der Waals surface area (Å²) in [6.07, 6.45) is 6.94. The first-order chi connectivity index (χ1) is 10.2. The van der Waals surface area contributed by atoms with Crippen LogP contribution in [0.15, 0.2) is 28.4 Å². The Morgan fingerprint density at radius 1 is 1.57 bits per heavy atom. The number of likely N-dealkylation sites (tertiary alicyclic amines) is 1. The van der Waals surface area contributed by atoms with Gasteiger partial charge >= 0.3 is 0 Å². The minimum absolute atomic E-state index is 0.000772. The summed E-state index contributed by atoms with van der Waals surface area (Å²) in [5.74, 6) is 0.900. The van der Waals surface area contributed by atoms with Gasteiger partial charge in [0, 0.05) is 32.2 Å². The third-order valence-electron chi connectivity index (χ3n) is 4.32. The summed E-state index contributed by atoms with van der Waals surface area (Å²) in [6, 6.07) is 3.87. The summed E-state index contributed by atoms with van der Waals surface area (Å²) >= 11 is 0. The first-order valence-electron chi connectivity index (χ1n) is 7.70. The maximum atomic E-state index is 9.82. The average Bonchev–Trinajstić information content (AvgIpc) is 2.98. The van der Waals surface area contributed by atoms with Crippen LogP contribution in [0.4, 0.5) is 0 Å². The van der Waals surface area contributed by atoms with E-state index in [4.69, 9.17) is 9.15 Å². The largest absolute Gasteiger partial charge is 0.465 e. The van der Waals surface area contributed by atoms with Crippen LogP contribution in [0.2, 0.25) is 0 Å². The molecule has 21 heavy (non-hydrogen) atoms. The highest BCUT2D eigenvalue weighted by atomic mass is 16.5. The van der Waals surface area contributed by atoms with Crippen molar-refractivity contribution in [2.45, 2.75) is 26.2 Å². The van der Waals surface area contributed by atoms with E-state index in [1.807, 2.05) is 12.1 Å². The molecule has 1 aliphatic rings. The molecule has 0 amide bonds. The lowest BCUT2D eigenvalue weighted by Gasteiger charge is -2.42. The molecule has 2 heterocycles. The van der Waals surface area contributed by atoms with Gasteiger partial charge in [0.15, 0.2) is 0 Å². The highest BCUT2D eigenvalue weighted by Crippen LogP contribution is 2.33. The zero-order valence-corrected chi connectivity index (χ0v) is 13.2. The van der Waals surface area contributed by atoms with Gasteiger partial charge < -0.3 is 14.3 Å². The number of hydrogen-bond acceptors (Lipinski definition) is 4. The van der Waals surface area contributed by atoms with Gasteiger partial charge in [0.25, 0.3) is 0 Å². The van der Waals surface area contributed by atoms with E-state index in [1.54, 1.807) is 13.4 Å². The van der Waals surface area contributed by atoms with Crippen LogP contribution in [0, 0.1) is 5.41 Å². The molecule has 1 aromatic rings. The fourth-order valence-corrected chi connectivity index (χ4v) is 3.19. The van der Waals surface area contributed by atoms with E-state index in [0.29, 0.717) is 0 Å². The topological polar surface area (TPSA) is 45.8 Å². The second-order valence-corrected chi connectivity index (χ2v) is 6.22. The minimum Gasteiger partial charge on any atom is -0.465 e. The lowest BCUT2D eigenvalue weighted by atomic mass is 9.78. The van der Waals surface area contributed by atoms with Crippen molar-refractivity contribution in [1.82, 2.24) is 4.90 Å². The highest BCUT2D eigenvalue weighted by Gasteiger charge is 2.34. The van der Waals surface area contributed by atoms with Gasteiger partial charge in [0.1, 0.15) is 5.76 Å². The van der Waals surface area contributed by atoms with Crippen LogP contribution in [-0.4, -0.2) is 50.0 Å². The Bertz CT molecular complexity index is 441. The van der Waals surface area contributed by atoms with Gasteiger partial charge in [-0.25, -0.2) is 0 Å². The van der Waals surface area contributed by atoms with Crippen LogP contribution in [-0.2, 0) is 4.74 Å². The Morgan fingerprint density at radius 3 is 3.10 bits per heavy atom. The van der Waals surface area contributed by atoms with Crippen molar-refractivity contribution in [2.24, 2.45) is 5.41 Å². The van der Waals surface area contributed by atoms with Crippen molar-refractivity contribution in [1.29, 1.82) is 0 Å². The van der Waals surface area contributed by atoms with Crippen LogP contribution in [0.3, 0.4) is 0 Å². The van der Waals surface area contributed by atoms with E-state index in [0.717, 1.165) is 51.3 Å². The fourth-order valence-electron chi connectivity index (χ4n) is 3.19. The Hall–Kier alpha value is -1.10. The molecule has 4 nitrogen and oxygen atoms in total. The van der Waals surface area contributed by atoms with Gasteiger partial charge in [-0.15, -0.1) is 0 Å². The molecule has 0 radical (unpaired) electrons. The summed E-state index contributed by atoms with van der Waals surface area (Å²) in [5.41, 5.74) is 1.28. The number of hydrogen-bond donors (Lipinski definition) is 1. The van der Waals surface area contributed by atoms with Crippen molar-refractivity contribution in [3.63, 3.8) is 0 Å². The number of furan rings is 1. The standard InChI is InChI=1S/C17H27NO3/c1-15(11-16-5-3-9-21-16)12-18-8-4-6-17(13-18,14-19)7-10-20-2/h3,5,9,11,19H,4,6-8,10,12-14H2,1-2H3/b15-11+. The molecule has 1 saturated heterocycles. The summed E-state index contributed by atoms with van der Waals surface area (Å²) in [7, 11) is 1.72. The smallest absolute Gasteiger partial charge is 0.126 e. The zero-order valence-electron chi connectivity index (χ0n) is 13.2. The molecular weight excluding hydrogens is 266 g/mol. The van der Waals surface area contributed by atoms with Crippen LogP contribution in [0.1, 0.15) is 31.9 Å². The number of aliphatic hydroxyl groups is 1. The molecule has 4 heteroatoms. The second kappa shape index (κ2) is 7.78. The van der Waals surface area contributed by atoms with Gasteiger partial charge in [-0.1, -0.05) is 5.57 Å². The molecule has 1 aliphatic heterocycles. The number of ether oxygens (including phenoxy) is 1. The van der Waals surface area contributed by atoms with Crippen LogP contribution in [0.25, 0.3) is 6.08 Å². The Kier molecular flexibility index (Phi) is 6.03. The zero-order chi connectivity index (χ0) is 15.1. The average molecular weight is 293 g/mol. The van der Waals surface area contributed by atoms with Crippen molar-refractivity contribution in [3.05, 3.63) is 29.7 Å². The lowest BCUT2D eigenvalue weighted by molar-refractivity contribution is 0.0107. The predicted molar refractivity (Wildman–Crippen MR) is 84.0 cm³/mol. The van der Waals surface area contributed by atoms with Gasteiger partial charge in [0.2, 0.25) is 0 Å². The van der Waals surface area contributed by atoms with Crippen molar-refractivity contribution >= 4 is 6.08 Å². The molecule has 0 saturated carbocycles. The Balaban J connectivity index is 1.94. The fraction of sp³-hybridized carbons (Fsp3) is 0.647. The van der Waals surface area contributed by atoms with Crippen LogP contribution in [0.5, 0.6) is 0 Å². The molecule has 0 bridgehead atoms.